The van der Waals surface area contributed by atoms with E-state index in [2.05, 4.69) is 0 Å². The summed E-state index contributed by atoms with van der Waals surface area (Å²) in [7, 11) is 0. The van der Waals surface area contributed by atoms with E-state index < -0.39 is 35.1 Å². The van der Waals surface area contributed by atoms with E-state index in [1.807, 2.05) is 0 Å². The van der Waals surface area contributed by atoms with Crippen molar-refractivity contribution in [2.75, 3.05) is 0 Å². The number of aliphatic hydroxyl groups is 1. The smallest absolute Gasteiger partial charge is 0.337 e. The topological polar surface area (TPSA) is 57.5 Å². The molecule has 0 aliphatic rings. The number of carboxylic acids is 1. The van der Waals surface area contributed by atoms with Crippen LogP contribution in [0.1, 0.15) is 11.7 Å². The minimum absolute atomic E-state index is 0.542. The summed E-state index contributed by atoms with van der Waals surface area (Å²) in [4.78, 5) is 10.2. The van der Waals surface area contributed by atoms with Crippen LogP contribution in [0, 0.1) is 17.5 Å². The van der Waals surface area contributed by atoms with Crippen molar-refractivity contribution < 1.29 is 28.2 Å². The number of aliphatic hydroxyl groups excluding tert-OH is 1. The molecule has 14 heavy (non-hydrogen) atoms. The summed E-state index contributed by atoms with van der Waals surface area (Å²) in [5.41, 5.74) is -0.809. The number of hydrogen-bond donors (Lipinski definition) is 2. The zero-order valence-electron chi connectivity index (χ0n) is 6.67. The molecule has 1 rings (SSSR count). The Morgan fingerprint density at radius 2 is 1.79 bits per heavy atom. The number of carbonyl (C=O) groups is 1. The van der Waals surface area contributed by atoms with E-state index in [1.54, 1.807) is 0 Å². The molecule has 2 N–H and O–H groups in total. The lowest BCUT2D eigenvalue weighted by atomic mass is 10.1. The molecule has 0 saturated heterocycles. The molecule has 0 aromatic heterocycles. The number of rotatable bonds is 2. The Labute approximate surface area is 76.4 Å². The first-order valence-electron chi connectivity index (χ1n) is 3.49. The first-order chi connectivity index (χ1) is 6.45. The Bertz CT molecular complexity index is 378. The second-order valence-electron chi connectivity index (χ2n) is 2.51. The molecule has 0 fully saturated rings. The van der Waals surface area contributed by atoms with E-state index in [-0.39, 0.29) is 0 Å². The molecule has 76 valence electrons. The first kappa shape index (κ1) is 10.5. The maximum absolute atomic E-state index is 12.8. The average molecular weight is 206 g/mol. The van der Waals surface area contributed by atoms with Gasteiger partial charge in [0.05, 0.1) is 0 Å². The molecule has 6 heteroatoms. The predicted molar refractivity (Wildman–Crippen MR) is 38.9 cm³/mol. The van der Waals surface area contributed by atoms with E-state index >= 15 is 0 Å². The van der Waals surface area contributed by atoms with Gasteiger partial charge in [0, 0.05) is 5.56 Å². The van der Waals surface area contributed by atoms with Crippen molar-refractivity contribution in [1.29, 1.82) is 0 Å². The molecule has 0 amide bonds. The molecule has 0 heterocycles. The largest absolute Gasteiger partial charge is 0.479 e. The summed E-state index contributed by atoms with van der Waals surface area (Å²) in [6.45, 7) is 0. The molecule has 1 atom stereocenters. The lowest BCUT2D eigenvalue weighted by Crippen LogP contribution is -2.13. The number of halogens is 3. The molecule has 0 unspecified atom stereocenters. The third-order valence-electron chi connectivity index (χ3n) is 1.59. The predicted octanol–water partition coefficient (Wildman–Crippen LogP) is 1.22. The molecule has 0 aliphatic carbocycles. The van der Waals surface area contributed by atoms with Crippen LogP contribution < -0.4 is 0 Å². The van der Waals surface area contributed by atoms with Crippen molar-refractivity contribution in [3.63, 3.8) is 0 Å². The van der Waals surface area contributed by atoms with Crippen LogP contribution in [0.5, 0.6) is 0 Å². The number of aliphatic carboxylic acids is 1. The summed E-state index contributed by atoms with van der Waals surface area (Å²) in [6, 6.07) is 1.21. The van der Waals surface area contributed by atoms with E-state index in [9.17, 15) is 18.0 Å². The normalized spacial score (nSPS) is 12.6. The highest BCUT2D eigenvalue weighted by Gasteiger charge is 2.23. The fourth-order valence-electron chi connectivity index (χ4n) is 0.885. The van der Waals surface area contributed by atoms with Gasteiger partial charge in [-0.3, -0.25) is 0 Å². The van der Waals surface area contributed by atoms with Crippen molar-refractivity contribution in [2.45, 2.75) is 6.10 Å². The Morgan fingerprint density at radius 1 is 1.21 bits per heavy atom. The molecule has 0 bridgehead atoms. The third kappa shape index (κ3) is 1.69. The van der Waals surface area contributed by atoms with Crippen LogP contribution in [0.4, 0.5) is 13.2 Å². The molecular formula is C8H5F3O3. The molecule has 0 spiro atoms. The summed E-state index contributed by atoms with van der Waals surface area (Å²) in [5, 5.41) is 17.2. The molecule has 1 aromatic rings. The van der Waals surface area contributed by atoms with Crippen molar-refractivity contribution in [3.05, 3.63) is 35.1 Å². The Hall–Kier alpha value is -1.56. The second kappa shape index (κ2) is 3.67. The third-order valence-corrected chi connectivity index (χ3v) is 1.59. The zero-order valence-corrected chi connectivity index (χ0v) is 6.67. The van der Waals surface area contributed by atoms with Gasteiger partial charge in [0.1, 0.15) is 0 Å². The minimum atomic E-state index is -2.20. The van der Waals surface area contributed by atoms with Crippen molar-refractivity contribution in [1.82, 2.24) is 0 Å². The average Bonchev–Trinajstić information content (AvgIpc) is 2.13. The number of hydrogen-bond acceptors (Lipinski definition) is 2. The maximum atomic E-state index is 12.8. The second-order valence-corrected chi connectivity index (χ2v) is 2.51. The van der Waals surface area contributed by atoms with Gasteiger partial charge in [0.15, 0.2) is 23.6 Å². The van der Waals surface area contributed by atoms with Crippen LogP contribution in [0.15, 0.2) is 12.1 Å². The zero-order chi connectivity index (χ0) is 10.9. The lowest BCUT2D eigenvalue weighted by molar-refractivity contribution is -0.147. The summed E-state index contributed by atoms with van der Waals surface area (Å²) < 4.78 is 37.8. The van der Waals surface area contributed by atoms with Gasteiger partial charge in [-0.25, -0.2) is 18.0 Å². The van der Waals surface area contributed by atoms with Crippen LogP contribution in [0.3, 0.4) is 0 Å². The lowest BCUT2D eigenvalue weighted by Gasteiger charge is -2.07. The van der Waals surface area contributed by atoms with E-state index in [0.717, 1.165) is 0 Å². The highest BCUT2D eigenvalue weighted by atomic mass is 19.2. The van der Waals surface area contributed by atoms with Crippen LogP contribution in [-0.2, 0) is 4.79 Å². The van der Waals surface area contributed by atoms with Gasteiger partial charge in [0.2, 0.25) is 0 Å². The van der Waals surface area contributed by atoms with Crippen molar-refractivity contribution in [2.24, 2.45) is 0 Å². The van der Waals surface area contributed by atoms with Crippen LogP contribution in [0.25, 0.3) is 0 Å². The van der Waals surface area contributed by atoms with E-state index in [1.165, 1.54) is 0 Å². The highest BCUT2D eigenvalue weighted by molar-refractivity contribution is 5.74. The fraction of sp³-hybridized carbons (Fsp3) is 0.125. The van der Waals surface area contributed by atoms with Gasteiger partial charge < -0.3 is 10.2 Å². The number of carboxylic acid groups (broad SMARTS) is 1. The van der Waals surface area contributed by atoms with Crippen LogP contribution >= 0.6 is 0 Å². The fourth-order valence-corrected chi connectivity index (χ4v) is 0.885. The quantitative estimate of drug-likeness (QED) is 0.715. The molecule has 0 saturated carbocycles. The van der Waals surface area contributed by atoms with Gasteiger partial charge in [-0.05, 0) is 12.1 Å². The molecule has 0 radical (unpaired) electrons. The molecule has 0 aliphatic heterocycles. The van der Waals surface area contributed by atoms with Crippen molar-refractivity contribution in [3.8, 4) is 0 Å². The van der Waals surface area contributed by atoms with Crippen molar-refractivity contribution >= 4 is 5.97 Å². The first-order valence-corrected chi connectivity index (χ1v) is 3.49. The summed E-state index contributed by atoms with van der Waals surface area (Å²) in [5.74, 6) is -6.68. The summed E-state index contributed by atoms with van der Waals surface area (Å²) >= 11 is 0. The maximum Gasteiger partial charge on any atom is 0.337 e. The van der Waals surface area contributed by atoms with Gasteiger partial charge in [-0.15, -0.1) is 0 Å². The van der Waals surface area contributed by atoms with Gasteiger partial charge in [-0.1, -0.05) is 0 Å². The molecular weight excluding hydrogens is 201 g/mol. The highest BCUT2D eigenvalue weighted by Crippen LogP contribution is 2.21. The summed E-state index contributed by atoms with van der Waals surface area (Å²) in [6.07, 6.45) is -2.20. The number of benzene rings is 1. The SMILES string of the molecule is O=C(O)[C@H](O)c1ccc(F)c(F)c1F. The Morgan fingerprint density at radius 3 is 2.29 bits per heavy atom. The van der Waals surface area contributed by atoms with Crippen LogP contribution in [0.2, 0.25) is 0 Å². The standard InChI is InChI=1S/C8H5F3O3/c9-4-2-1-3(5(10)6(4)11)7(12)8(13)14/h1-2,7,12H,(H,13,14)/t7-/m1/s1. The monoisotopic (exact) mass is 206 g/mol. The Balaban J connectivity index is 3.24. The molecule has 3 nitrogen and oxygen atoms in total. The van der Waals surface area contributed by atoms with E-state index in [4.69, 9.17) is 10.2 Å². The van der Waals surface area contributed by atoms with E-state index in [0.29, 0.717) is 12.1 Å². The Kier molecular flexibility index (Phi) is 2.76. The van der Waals surface area contributed by atoms with Gasteiger partial charge in [-0.2, -0.15) is 0 Å². The van der Waals surface area contributed by atoms with Gasteiger partial charge in [0.25, 0.3) is 0 Å². The molecule has 1 aromatic carbocycles. The van der Waals surface area contributed by atoms with Crippen LogP contribution in [-0.4, -0.2) is 16.2 Å². The minimum Gasteiger partial charge on any atom is -0.479 e. The van der Waals surface area contributed by atoms with Gasteiger partial charge >= 0.3 is 5.97 Å².